The van der Waals surface area contributed by atoms with Crippen LogP contribution in [0.4, 0.5) is 18.9 Å². The predicted molar refractivity (Wildman–Crippen MR) is 103 cm³/mol. The van der Waals surface area contributed by atoms with E-state index < -0.39 is 17.7 Å². The molecule has 0 unspecified atom stereocenters. The van der Waals surface area contributed by atoms with E-state index in [4.69, 9.17) is 9.84 Å². The molecule has 2 N–H and O–H groups in total. The number of aromatic carboxylic acids is 1. The lowest BCUT2D eigenvalue weighted by atomic mass is 10.1. The summed E-state index contributed by atoms with van der Waals surface area (Å²) in [7, 11) is 0. The van der Waals surface area contributed by atoms with Gasteiger partial charge in [-0.1, -0.05) is 24.3 Å². The molecule has 3 aromatic rings. The van der Waals surface area contributed by atoms with Gasteiger partial charge < -0.3 is 15.2 Å². The highest BCUT2D eigenvalue weighted by Gasteiger charge is 2.30. The van der Waals surface area contributed by atoms with Crippen LogP contribution in [0.2, 0.25) is 0 Å². The summed E-state index contributed by atoms with van der Waals surface area (Å²) in [6, 6.07) is 18.6. The molecule has 150 valence electrons. The Bertz CT molecular complexity index is 985. The van der Waals surface area contributed by atoms with E-state index in [2.05, 4.69) is 5.32 Å². The van der Waals surface area contributed by atoms with Crippen molar-refractivity contribution in [3.8, 4) is 5.75 Å². The largest absolute Gasteiger partial charge is 0.489 e. The summed E-state index contributed by atoms with van der Waals surface area (Å²) < 4.78 is 44.0. The Labute approximate surface area is 165 Å². The average Bonchev–Trinajstić information content (AvgIpc) is 2.71. The molecule has 0 amide bonds. The fourth-order valence-corrected chi connectivity index (χ4v) is 2.68. The molecule has 0 radical (unpaired) electrons. The molecule has 0 spiro atoms. The molecule has 0 saturated carbocycles. The molecule has 0 bridgehead atoms. The van der Waals surface area contributed by atoms with Gasteiger partial charge in [-0.3, -0.25) is 0 Å². The van der Waals surface area contributed by atoms with Gasteiger partial charge in [-0.2, -0.15) is 13.2 Å². The van der Waals surface area contributed by atoms with Crippen molar-refractivity contribution < 1.29 is 27.8 Å². The number of alkyl halides is 3. The van der Waals surface area contributed by atoms with Crippen LogP contribution >= 0.6 is 0 Å². The number of carboxylic acid groups (broad SMARTS) is 1. The van der Waals surface area contributed by atoms with Gasteiger partial charge >= 0.3 is 12.1 Å². The van der Waals surface area contributed by atoms with Crippen LogP contribution in [-0.4, -0.2) is 11.1 Å². The summed E-state index contributed by atoms with van der Waals surface area (Å²) in [6.45, 7) is 0.505. The first kappa shape index (κ1) is 20.3. The Hall–Kier alpha value is -3.48. The molecule has 0 aliphatic carbocycles. The summed E-state index contributed by atoms with van der Waals surface area (Å²) in [5.41, 5.74) is 1.62. The number of anilines is 1. The van der Waals surface area contributed by atoms with E-state index >= 15 is 0 Å². The first-order valence-electron chi connectivity index (χ1n) is 8.76. The van der Waals surface area contributed by atoms with Crippen LogP contribution < -0.4 is 10.1 Å². The van der Waals surface area contributed by atoms with Crippen LogP contribution in [0.1, 0.15) is 27.0 Å². The molecule has 0 atom stereocenters. The minimum atomic E-state index is -4.38. The Morgan fingerprint density at radius 3 is 2.31 bits per heavy atom. The number of ether oxygens (including phenoxy) is 1. The van der Waals surface area contributed by atoms with Crippen molar-refractivity contribution in [2.24, 2.45) is 0 Å². The summed E-state index contributed by atoms with van der Waals surface area (Å²) in [5, 5.41) is 12.1. The van der Waals surface area contributed by atoms with Crippen LogP contribution in [0, 0.1) is 0 Å². The third kappa shape index (κ3) is 5.75. The topological polar surface area (TPSA) is 58.6 Å². The van der Waals surface area contributed by atoms with Gasteiger partial charge in [-0.25, -0.2) is 4.79 Å². The minimum Gasteiger partial charge on any atom is -0.489 e. The maximum Gasteiger partial charge on any atom is 0.416 e. The van der Waals surface area contributed by atoms with E-state index in [0.29, 0.717) is 17.9 Å². The highest BCUT2D eigenvalue weighted by atomic mass is 19.4. The van der Waals surface area contributed by atoms with Gasteiger partial charge in [0.15, 0.2) is 0 Å². The van der Waals surface area contributed by atoms with Gasteiger partial charge in [-0.15, -0.1) is 0 Å². The molecular weight excluding hydrogens is 383 g/mol. The standard InChI is InChI=1S/C22H18F3NO3/c23-22(24,25)18-5-1-4-16(11-18)14-29-20-6-2-3-15(12-20)13-26-19-9-7-17(8-10-19)21(27)28/h1-12,26H,13-14H2,(H,27,28). The Morgan fingerprint density at radius 2 is 1.62 bits per heavy atom. The molecule has 0 fully saturated rings. The van der Waals surface area contributed by atoms with Gasteiger partial charge in [0.25, 0.3) is 0 Å². The van der Waals surface area contributed by atoms with Crippen molar-refractivity contribution >= 4 is 11.7 Å². The van der Waals surface area contributed by atoms with Crippen molar-refractivity contribution in [2.45, 2.75) is 19.3 Å². The molecule has 3 rings (SSSR count). The lowest BCUT2D eigenvalue weighted by Crippen LogP contribution is -2.06. The molecule has 0 saturated heterocycles. The van der Waals surface area contributed by atoms with E-state index in [1.165, 1.54) is 18.2 Å². The fourth-order valence-electron chi connectivity index (χ4n) is 2.68. The number of hydrogen-bond acceptors (Lipinski definition) is 3. The van der Waals surface area contributed by atoms with Crippen LogP contribution in [-0.2, 0) is 19.3 Å². The van der Waals surface area contributed by atoms with Crippen molar-refractivity contribution in [1.29, 1.82) is 0 Å². The number of hydrogen-bond donors (Lipinski definition) is 2. The Kier molecular flexibility index (Phi) is 6.07. The van der Waals surface area contributed by atoms with E-state index in [0.717, 1.165) is 23.4 Å². The normalized spacial score (nSPS) is 11.1. The molecule has 0 aromatic heterocycles. The number of halogens is 3. The van der Waals surface area contributed by atoms with Crippen molar-refractivity contribution in [1.82, 2.24) is 0 Å². The van der Waals surface area contributed by atoms with Gasteiger partial charge in [0, 0.05) is 12.2 Å². The maximum absolute atomic E-state index is 12.8. The molecule has 29 heavy (non-hydrogen) atoms. The highest BCUT2D eigenvalue weighted by molar-refractivity contribution is 5.87. The van der Waals surface area contributed by atoms with Gasteiger partial charge in [-0.05, 0) is 59.7 Å². The van der Waals surface area contributed by atoms with Crippen molar-refractivity contribution in [3.05, 3.63) is 95.1 Å². The fraction of sp³-hybridized carbons (Fsp3) is 0.136. The zero-order valence-corrected chi connectivity index (χ0v) is 15.2. The zero-order valence-electron chi connectivity index (χ0n) is 15.2. The first-order chi connectivity index (χ1) is 13.8. The number of nitrogens with one attached hydrogen (secondary N) is 1. The lowest BCUT2D eigenvalue weighted by Gasteiger charge is -2.11. The predicted octanol–water partition coefficient (Wildman–Crippen LogP) is 5.59. The van der Waals surface area contributed by atoms with E-state index in [1.807, 2.05) is 6.07 Å². The summed E-state index contributed by atoms with van der Waals surface area (Å²) in [5.74, 6) is -0.440. The Balaban J connectivity index is 1.59. The zero-order chi connectivity index (χ0) is 20.9. The van der Waals surface area contributed by atoms with E-state index in [9.17, 15) is 18.0 Å². The SMILES string of the molecule is O=C(O)c1ccc(NCc2cccc(OCc3cccc(C(F)(F)F)c3)c2)cc1. The quantitative estimate of drug-likeness (QED) is 0.542. The van der Waals surface area contributed by atoms with E-state index in [1.54, 1.807) is 36.4 Å². The van der Waals surface area contributed by atoms with Crippen LogP contribution in [0.25, 0.3) is 0 Å². The number of carboxylic acids is 1. The molecule has 4 nitrogen and oxygen atoms in total. The molecule has 0 heterocycles. The summed E-state index contributed by atoms with van der Waals surface area (Å²) >= 11 is 0. The molecular formula is C22H18F3NO3. The van der Waals surface area contributed by atoms with Gasteiger partial charge in [0.1, 0.15) is 12.4 Å². The Morgan fingerprint density at radius 1 is 0.931 bits per heavy atom. The van der Waals surface area contributed by atoms with Crippen LogP contribution in [0.5, 0.6) is 5.75 Å². The lowest BCUT2D eigenvalue weighted by molar-refractivity contribution is -0.137. The molecule has 3 aromatic carbocycles. The second-order valence-corrected chi connectivity index (χ2v) is 6.37. The van der Waals surface area contributed by atoms with Gasteiger partial charge in [0.05, 0.1) is 11.1 Å². The number of rotatable bonds is 7. The van der Waals surface area contributed by atoms with Crippen LogP contribution in [0.15, 0.2) is 72.8 Å². The molecule has 0 aliphatic heterocycles. The second kappa shape index (κ2) is 8.68. The summed E-state index contributed by atoms with van der Waals surface area (Å²) in [6.07, 6.45) is -4.38. The van der Waals surface area contributed by atoms with Gasteiger partial charge in [0.2, 0.25) is 0 Å². The van der Waals surface area contributed by atoms with Crippen LogP contribution in [0.3, 0.4) is 0 Å². The maximum atomic E-state index is 12.8. The summed E-state index contributed by atoms with van der Waals surface area (Å²) in [4.78, 5) is 10.9. The van der Waals surface area contributed by atoms with Crippen molar-refractivity contribution in [3.63, 3.8) is 0 Å². The third-order valence-electron chi connectivity index (χ3n) is 4.19. The monoisotopic (exact) mass is 401 g/mol. The first-order valence-corrected chi connectivity index (χ1v) is 8.76. The second-order valence-electron chi connectivity index (χ2n) is 6.37. The average molecular weight is 401 g/mol. The number of benzene rings is 3. The van der Waals surface area contributed by atoms with Crippen molar-refractivity contribution in [2.75, 3.05) is 5.32 Å². The highest BCUT2D eigenvalue weighted by Crippen LogP contribution is 2.29. The molecule has 7 heteroatoms. The number of carbonyl (C=O) groups is 1. The smallest absolute Gasteiger partial charge is 0.416 e. The van der Waals surface area contributed by atoms with E-state index in [-0.39, 0.29) is 12.2 Å². The molecule has 0 aliphatic rings. The third-order valence-corrected chi connectivity index (χ3v) is 4.19. The minimum absolute atomic E-state index is 0.0253.